The van der Waals surface area contributed by atoms with Gasteiger partial charge in [-0.3, -0.25) is 9.59 Å². The zero-order valence-corrected chi connectivity index (χ0v) is 17.0. The second-order valence-electron chi connectivity index (χ2n) is 6.39. The second-order valence-corrected chi connectivity index (χ2v) is 7.21. The molecule has 0 aliphatic carbocycles. The lowest BCUT2D eigenvalue weighted by Crippen LogP contribution is -2.59. The monoisotopic (exact) mass is 407 g/mol. The summed E-state index contributed by atoms with van der Waals surface area (Å²) in [5, 5.41) is 0.932. The average Bonchev–Trinajstić information content (AvgIpc) is 2.50. The lowest BCUT2D eigenvalue weighted by molar-refractivity contribution is -0.141. The van der Waals surface area contributed by atoms with Gasteiger partial charge in [0.05, 0.1) is 22.5 Å². The summed E-state index contributed by atoms with van der Waals surface area (Å²) in [4.78, 5) is 30.1. The minimum atomic E-state index is -0.00655. The first kappa shape index (κ1) is 22.0. The number of rotatable bonds is 4. The predicted octanol–water partition coefficient (Wildman–Crippen LogP) is 2.58. The Kier molecular flexibility index (Phi) is 8.48. The van der Waals surface area contributed by atoms with Crippen LogP contribution in [0.5, 0.6) is 0 Å². The molecule has 0 saturated carbocycles. The van der Waals surface area contributed by atoms with Crippen molar-refractivity contribution in [2.45, 2.75) is 19.4 Å². The van der Waals surface area contributed by atoms with E-state index in [9.17, 15) is 9.59 Å². The van der Waals surface area contributed by atoms with Crippen LogP contribution in [0.1, 0.15) is 12.5 Å². The summed E-state index contributed by atoms with van der Waals surface area (Å²) >= 11 is 11.9. The van der Waals surface area contributed by atoms with Crippen molar-refractivity contribution < 1.29 is 9.59 Å². The number of likely N-dealkylation sites (N-methyl/N-ethyl adjacent to an activating group) is 1. The van der Waals surface area contributed by atoms with Gasteiger partial charge in [0, 0.05) is 33.1 Å². The van der Waals surface area contributed by atoms with E-state index < -0.39 is 0 Å². The number of piperazine rings is 1. The van der Waals surface area contributed by atoms with E-state index >= 15 is 0 Å². The summed E-state index contributed by atoms with van der Waals surface area (Å²) in [5.74, 6) is 0.0961. The molecule has 140 valence electrons. The van der Waals surface area contributed by atoms with Crippen molar-refractivity contribution in [3.05, 3.63) is 33.8 Å². The summed E-state index contributed by atoms with van der Waals surface area (Å²) in [6.07, 6.45) is 0.279. The van der Waals surface area contributed by atoms with Crippen molar-refractivity contribution in [1.29, 1.82) is 0 Å². The quantitative estimate of drug-likeness (QED) is 0.769. The van der Waals surface area contributed by atoms with E-state index in [1.165, 1.54) is 0 Å². The van der Waals surface area contributed by atoms with Gasteiger partial charge in [0.15, 0.2) is 0 Å². The number of amides is 2. The van der Waals surface area contributed by atoms with Gasteiger partial charge in [-0.1, -0.05) is 29.3 Å². The molecule has 0 spiro atoms. The smallest absolute Gasteiger partial charge is 0.227 e. The number of hydrogen-bond donors (Lipinski definition) is 0. The Labute approximate surface area is 165 Å². The third-order valence-corrected chi connectivity index (χ3v) is 4.90. The molecular weight excluding hydrogens is 385 g/mol. The number of hydrogen-bond acceptors (Lipinski definition) is 3. The first-order valence-corrected chi connectivity index (χ1v) is 8.67. The fourth-order valence-corrected chi connectivity index (χ4v) is 3.29. The van der Waals surface area contributed by atoms with E-state index in [1.807, 2.05) is 30.0 Å². The highest BCUT2D eigenvalue weighted by Gasteiger charge is 2.31. The van der Waals surface area contributed by atoms with Crippen LogP contribution in [-0.2, 0) is 16.0 Å². The Balaban J connectivity index is 0.00000312. The van der Waals surface area contributed by atoms with E-state index in [0.29, 0.717) is 29.7 Å². The molecule has 1 aromatic carbocycles. The van der Waals surface area contributed by atoms with Crippen LogP contribution in [0.15, 0.2) is 18.2 Å². The molecule has 1 aliphatic heterocycles. The molecule has 1 heterocycles. The number of nitrogens with zero attached hydrogens (tertiary/aromatic N) is 3. The molecule has 0 aromatic heterocycles. The number of carbonyl (C=O) groups is 2. The molecule has 2 rings (SSSR count). The molecular formula is C17H24Cl3N3O2. The normalized spacial score (nSPS) is 17.4. The third-order valence-electron chi connectivity index (χ3n) is 4.16. The van der Waals surface area contributed by atoms with Gasteiger partial charge in [0.2, 0.25) is 11.8 Å². The number of carbonyl (C=O) groups excluding carboxylic acids is 2. The van der Waals surface area contributed by atoms with Crippen molar-refractivity contribution in [2.75, 3.05) is 40.3 Å². The number of halogens is 3. The molecule has 2 amide bonds. The average molecular weight is 409 g/mol. The topological polar surface area (TPSA) is 43.9 Å². The SMILES string of the molecule is CC(=O)N1CCN(C(=O)Cc2ccc(Cl)c(Cl)c2)C(CN(C)C)C1.Cl. The Morgan fingerprint density at radius 1 is 1.20 bits per heavy atom. The first-order valence-electron chi connectivity index (χ1n) is 7.91. The van der Waals surface area contributed by atoms with Gasteiger partial charge < -0.3 is 14.7 Å². The zero-order chi connectivity index (χ0) is 17.9. The van der Waals surface area contributed by atoms with Crippen molar-refractivity contribution >= 4 is 47.4 Å². The van der Waals surface area contributed by atoms with Gasteiger partial charge in [-0.2, -0.15) is 0 Å². The summed E-state index contributed by atoms with van der Waals surface area (Å²) in [6.45, 7) is 3.99. The van der Waals surface area contributed by atoms with E-state index in [0.717, 1.165) is 12.1 Å². The Morgan fingerprint density at radius 3 is 2.44 bits per heavy atom. The predicted molar refractivity (Wildman–Crippen MR) is 104 cm³/mol. The van der Waals surface area contributed by atoms with Crippen LogP contribution in [0.25, 0.3) is 0 Å². The van der Waals surface area contributed by atoms with Gasteiger partial charge in [0.1, 0.15) is 0 Å². The molecule has 8 heteroatoms. The lowest BCUT2D eigenvalue weighted by atomic mass is 10.1. The van der Waals surface area contributed by atoms with Gasteiger partial charge in [0.25, 0.3) is 0 Å². The van der Waals surface area contributed by atoms with E-state index in [-0.39, 0.29) is 36.7 Å². The van der Waals surface area contributed by atoms with E-state index in [2.05, 4.69) is 0 Å². The van der Waals surface area contributed by atoms with Crippen molar-refractivity contribution in [2.24, 2.45) is 0 Å². The van der Waals surface area contributed by atoms with Crippen LogP contribution in [0, 0.1) is 0 Å². The standard InChI is InChI=1S/C17H23Cl2N3O2.ClH/c1-12(23)21-6-7-22(14(11-21)10-20(2)3)17(24)9-13-4-5-15(18)16(19)8-13;/h4-5,8,14H,6-7,9-11H2,1-3H3;1H. The number of benzene rings is 1. The maximum absolute atomic E-state index is 12.8. The van der Waals surface area contributed by atoms with Gasteiger partial charge >= 0.3 is 0 Å². The summed E-state index contributed by atoms with van der Waals surface area (Å²) in [7, 11) is 3.93. The van der Waals surface area contributed by atoms with E-state index in [4.69, 9.17) is 23.2 Å². The van der Waals surface area contributed by atoms with Crippen LogP contribution >= 0.6 is 35.6 Å². The molecule has 0 N–H and O–H groups in total. The van der Waals surface area contributed by atoms with Crippen LogP contribution in [0.4, 0.5) is 0 Å². The molecule has 1 saturated heterocycles. The molecule has 0 bridgehead atoms. The van der Waals surface area contributed by atoms with Crippen LogP contribution in [0.3, 0.4) is 0 Å². The van der Waals surface area contributed by atoms with Crippen molar-refractivity contribution in [3.8, 4) is 0 Å². The summed E-state index contributed by atoms with van der Waals surface area (Å²) in [5.41, 5.74) is 0.840. The fraction of sp³-hybridized carbons (Fsp3) is 0.529. The Morgan fingerprint density at radius 2 is 1.88 bits per heavy atom. The highest BCUT2D eigenvalue weighted by atomic mass is 35.5. The molecule has 0 radical (unpaired) electrons. The lowest BCUT2D eigenvalue weighted by Gasteiger charge is -2.42. The second kappa shape index (κ2) is 9.62. The molecule has 1 aliphatic rings. The molecule has 1 unspecified atom stereocenters. The largest absolute Gasteiger partial charge is 0.339 e. The highest BCUT2D eigenvalue weighted by Crippen LogP contribution is 2.23. The molecule has 25 heavy (non-hydrogen) atoms. The maximum Gasteiger partial charge on any atom is 0.227 e. The molecule has 1 atom stereocenters. The first-order chi connectivity index (χ1) is 11.3. The van der Waals surface area contributed by atoms with Crippen LogP contribution < -0.4 is 0 Å². The van der Waals surface area contributed by atoms with Gasteiger partial charge in [-0.15, -0.1) is 12.4 Å². The molecule has 1 fully saturated rings. The zero-order valence-electron chi connectivity index (χ0n) is 14.7. The Bertz CT molecular complexity index is 625. The minimum Gasteiger partial charge on any atom is -0.339 e. The fourth-order valence-electron chi connectivity index (χ4n) is 2.97. The Hall–Kier alpha value is -1.01. The summed E-state index contributed by atoms with van der Waals surface area (Å²) in [6, 6.07) is 5.25. The highest BCUT2D eigenvalue weighted by molar-refractivity contribution is 6.42. The van der Waals surface area contributed by atoms with Crippen molar-refractivity contribution in [1.82, 2.24) is 14.7 Å². The minimum absolute atomic E-state index is 0. The van der Waals surface area contributed by atoms with Crippen LogP contribution in [-0.4, -0.2) is 72.8 Å². The van der Waals surface area contributed by atoms with Crippen molar-refractivity contribution in [3.63, 3.8) is 0 Å². The molecule has 5 nitrogen and oxygen atoms in total. The third kappa shape index (κ3) is 6.03. The molecule has 1 aromatic rings. The van der Waals surface area contributed by atoms with Crippen LogP contribution in [0.2, 0.25) is 10.0 Å². The van der Waals surface area contributed by atoms with E-state index in [1.54, 1.807) is 24.0 Å². The summed E-state index contributed by atoms with van der Waals surface area (Å²) < 4.78 is 0. The maximum atomic E-state index is 12.8. The van der Waals surface area contributed by atoms with Gasteiger partial charge in [-0.25, -0.2) is 0 Å². The van der Waals surface area contributed by atoms with Gasteiger partial charge in [-0.05, 0) is 31.8 Å².